The van der Waals surface area contributed by atoms with E-state index in [0.29, 0.717) is 34.7 Å². The van der Waals surface area contributed by atoms with Gasteiger partial charge < -0.3 is 14.8 Å². The molecule has 1 aliphatic heterocycles. The summed E-state index contributed by atoms with van der Waals surface area (Å²) < 4.78 is 40.4. The van der Waals surface area contributed by atoms with E-state index in [-0.39, 0.29) is 11.8 Å². The lowest BCUT2D eigenvalue weighted by Crippen LogP contribution is -2.30. The molecule has 0 unspecified atom stereocenters. The number of nitrogens with one attached hydrogen (secondary N) is 1. The van der Waals surface area contributed by atoms with Crippen molar-refractivity contribution in [2.24, 2.45) is 0 Å². The molecular formula is C25H34N6O4S. The van der Waals surface area contributed by atoms with Crippen LogP contribution in [0.25, 0.3) is 5.69 Å². The Morgan fingerprint density at radius 1 is 1.08 bits per heavy atom. The molecule has 1 N–H and O–H groups in total. The molecule has 0 amide bonds. The van der Waals surface area contributed by atoms with Crippen LogP contribution in [0.1, 0.15) is 68.1 Å². The van der Waals surface area contributed by atoms with E-state index in [1.165, 1.54) is 0 Å². The zero-order valence-corrected chi connectivity index (χ0v) is 22.2. The summed E-state index contributed by atoms with van der Waals surface area (Å²) in [5.74, 6) is 1.84. The molecule has 1 fully saturated rings. The summed E-state index contributed by atoms with van der Waals surface area (Å²) in [6, 6.07) is 5.39. The highest BCUT2D eigenvalue weighted by atomic mass is 32.2. The molecule has 1 aromatic carbocycles. The lowest BCUT2D eigenvalue weighted by atomic mass is 10.0. The van der Waals surface area contributed by atoms with Gasteiger partial charge in [-0.3, -0.25) is 4.57 Å². The summed E-state index contributed by atoms with van der Waals surface area (Å²) in [4.78, 5) is 8.69. The van der Waals surface area contributed by atoms with Crippen LogP contribution < -0.4 is 14.8 Å². The maximum absolute atomic E-state index is 13.6. The zero-order valence-electron chi connectivity index (χ0n) is 21.4. The minimum atomic E-state index is -3.66. The Labute approximate surface area is 212 Å². The fourth-order valence-corrected chi connectivity index (χ4v) is 6.04. The molecule has 0 saturated carbocycles. The third-order valence-corrected chi connectivity index (χ3v) is 9.01. The van der Waals surface area contributed by atoms with Crippen LogP contribution in [-0.4, -0.2) is 59.2 Å². The molecule has 194 valence electrons. The summed E-state index contributed by atoms with van der Waals surface area (Å²) in [6.07, 6.45) is 6.41. The van der Waals surface area contributed by atoms with Crippen LogP contribution in [0, 0.1) is 6.92 Å². The third-order valence-electron chi connectivity index (χ3n) is 6.81. The van der Waals surface area contributed by atoms with E-state index in [1.54, 1.807) is 38.1 Å². The van der Waals surface area contributed by atoms with Gasteiger partial charge in [-0.25, -0.2) is 18.4 Å². The average Bonchev–Trinajstić information content (AvgIpc) is 3.30. The van der Waals surface area contributed by atoms with Gasteiger partial charge in [0, 0.05) is 18.3 Å². The van der Waals surface area contributed by atoms with Gasteiger partial charge in [0.15, 0.2) is 21.5 Å². The second-order valence-corrected chi connectivity index (χ2v) is 11.6. The largest absolute Gasteiger partial charge is 0.494 e. The Kier molecular flexibility index (Phi) is 7.89. The third kappa shape index (κ3) is 5.22. The summed E-state index contributed by atoms with van der Waals surface area (Å²) in [5.41, 5.74) is 1.51. The first kappa shape index (κ1) is 26.0. The van der Waals surface area contributed by atoms with Crippen LogP contribution >= 0.6 is 0 Å². The summed E-state index contributed by atoms with van der Waals surface area (Å²) in [7, 11) is -0.519. The van der Waals surface area contributed by atoms with Crippen LogP contribution in [0.5, 0.6) is 11.5 Å². The lowest BCUT2D eigenvalue weighted by molar-refractivity contribution is 0.378. The summed E-state index contributed by atoms with van der Waals surface area (Å²) in [6.45, 7) is 6.28. The molecule has 2 aromatic heterocycles. The van der Waals surface area contributed by atoms with Crippen molar-refractivity contribution in [3.8, 4) is 17.2 Å². The Morgan fingerprint density at radius 2 is 1.75 bits per heavy atom. The van der Waals surface area contributed by atoms with E-state index in [2.05, 4.69) is 25.5 Å². The zero-order chi connectivity index (χ0) is 25.9. The van der Waals surface area contributed by atoms with Crippen molar-refractivity contribution in [3.63, 3.8) is 0 Å². The number of aryl methyl sites for hydroxylation is 1. The first-order chi connectivity index (χ1) is 17.3. The van der Waals surface area contributed by atoms with Gasteiger partial charge in [-0.15, -0.1) is 10.2 Å². The fourth-order valence-electron chi connectivity index (χ4n) is 4.49. The highest BCUT2D eigenvalue weighted by Gasteiger charge is 2.34. The van der Waals surface area contributed by atoms with E-state index in [0.717, 1.165) is 31.4 Å². The normalized spacial score (nSPS) is 18.0. The molecule has 1 saturated heterocycles. The number of rotatable bonds is 9. The number of methoxy groups -OCH3 is 2. The second kappa shape index (κ2) is 10.9. The van der Waals surface area contributed by atoms with E-state index in [4.69, 9.17) is 9.47 Å². The van der Waals surface area contributed by atoms with Crippen molar-refractivity contribution < 1.29 is 17.9 Å². The van der Waals surface area contributed by atoms with Crippen molar-refractivity contribution in [1.82, 2.24) is 30.0 Å². The van der Waals surface area contributed by atoms with Crippen LogP contribution in [0.3, 0.4) is 0 Å². The maximum Gasteiger partial charge on any atom is 0.160 e. The Bertz CT molecular complexity index is 1260. The number of sulfone groups is 1. The number of ether oxygens (including phenoxy) is 2. The van der Waals surface area contributed by atoms with Gasteiger partial charge in [-0.2, -0.15) is 0 Å². The molecule has 1 aliphatic rings. The molecule has 11 heteroatoms. The van der Waals surface area contributed by atoms with Crippen LogP contribution in [0.2, 0.25) is 0 Å². The molecule has 0 bridgehead atoms. The fraction of sp³-hybridized carbons (Fsp3) is 0.520. The van der Waals surface area contributed by atoms with Gasteiger partial charge in [0.05, 0.1) is 25.5 Å². The molecular weight excluding hydrogens is 480 g/mol. The highest BCUT2D eigenvalue weighted by Crippen LogP contribution is 2.37. The predicted molar refractivity (Wildman–Crippen MR) is 136 cm³/mol. The van der Waals surface area contributed by atoms with Crippen LogP contribution in [0.4, 0.5) is 0 Å². The van der Waals surface area contributed by atoms with Crippen molar-refractivity contribution in [2.45, 2.75) is 63.0 Å². The Morgan fingerprint density at radius 3 is 2.33 bits per heavy atom. The maximum atomic E-state index is 13.6. The SMILES string of the molecule is COc1cccc(OC)c1-n1c(CS(=O)(=O)[C@@H](C)[C@H](C)c2ncc(C)cn2)nnc1[C@H]1CCCCN1. The number of aromatic nitrogens is 5. The van der Waals surface area contributed by atoms with Crippen molar-refractivity contribution in [2.75, 3.05) is 20.8 Å². The number of piperidine rings is 1. The Hall–Kier alpha value is -3.05. The number of hydrogen-bond acceptors (Lipinski definition) is 9. The standard InChI is InChI=1S/C25H34N6O4S/c1-16-13-27-24(28-14-16)17(2)18(3)36(32,33)15-22-29-30-25(19-9-6-7-12-26-19)31(22)23-20(34-4)10-8-11-21(23)35-5/h8,10-11,13-14,17-19,26H,6-7,9,12,15H2,1-5H3/t17-,18-,19+/m0/s1. The second-order valence-electron chi connectivity index (χ2n) is 9.24. The molecule has 4 rings (SSSR count). The topological polar surface area (TPSA) is 121 Å². The molecule has 36 heavy (non-hydrogen) atoms. The van der Waals surface area contributed by atoms with Gasteiger partial charge in [0.2, 0.25) is 0 Å². The van der Waals surface area contributed by atoms with E-state index >= 15 is 0 Å². The highest BCUT2D eigenvalue weighted by molar-refractivity contribution is 7.91. The first-order valence-electron chi connectivity index (χ1n) is 12.2. The predicted octanol–water partition coefficient (Wildman–Crippen LogP) is 3.30. The van der Waals surface area contributed by atoms with Gasteiger partial charge in [0.1, 0.15) is 28.8 Å². The van der Waals surface area contributed by atoms with E-state index < -0.39 is 21.0 Å². The van der Waals surface area contributed by atoms with Crippen LogP contribution in [0.15, 0.2) is 30.6 Å². The minimum Gasteiger partial charge on any atom is -0.494 e. The minimum absolute atomic E-state index is 0.0605. The van der Waals surface area contributed by atoms with Crippen molar-refractivity contribution >= 4 is 9.84 Å². The van der Waals surface area contributed by atoms with Crippen molar-refractivity contribution in [1.29, 1.82) is 0 Å². The first-order valence-corrected chi connectivity index (χ1v) is 13.9. The van der Waals surface area contributed by atoms with Gasteiger partial charge in [0.25, 0.3) is 0 Å². The quantitative estimate of drug-likeness (QED) is 0.458. The van der Waals surface area contributed by atoms with Gasteiger partial charge in [-0.05, 0) is 50.9 Å². The van der Waals surface area contributed by atoms with E-state index in [9.17, 15) is 8.42 Å². The smallest absolute Gasteiger partial charge is 0.160 e. The summed E-state index contributed by atoms with van der Waals surface area (Å²) >= 11 is 0. The number of para-hydroxylation sites is 1. The van der Waals surface area contributed by atoms with Gasteiger partial charge >= 0.3 is 0 Å². The molecule has 3 heterocycles. The monoisotopic (exact) mass is 514 g/mol. The molecule has 3 aromatic rings. The lowest BCUT2D eigenvalue weighted by Gasteiger charge is -2.25. The number of nitrogens with zero attached hydrogens (tertiary/aromatic N) is 5. The number of hydrogen-bond donors (Lipinski definition) is 1. The van der Waals surface area contributed by atoms with Gasteiger partial charge in [-0.1, -0.05) is 19.4 Å². The molecule has 0 aliphatic carbocycles. The summed E-state index contributed by atoms with van der Waals surface area (Å²) in [5, 5.41) is 11.6. The van der Waals surface area contributed by atoms with E-state index in [1.807, 2.05) is 32.0 Å². The Balaban J connectivity index is 1.77. The molecule has 0 radical (unpaired) electrons. The molecule has 10 nitrogen and oxygen atoms in total. The van der Waals surface area contributed by atoms with Crippen LogP contribution in [-0.2, 0) is 15.6 Å². The van der Waals surface area contributed by atoms with Crippen molar-refractivity contribution in [3.05, 3.63) is 53.6 Å². The molecule has 3 atom stereocenters. The molecule has 0 spiro atoms. The average molecular weight is 515 g/mol. The number of benzene rings is 1.